The van der Waals surface area contributed by atoms with Gasteiger partial charge in [0.2, 0.25) is 5.91 Å². The van der Waals surface area contributed by atoms with Crippen LogP contribution in [0.5, 0.6) is 0 Å². The largest absolute Gasteiger partial charge is 0.392 e. The molecule has 1 aliphatic carbocycles. The molecule has 1 amide bonds. The highest BCUT2D eigenvalue weighted by atomic mass is 32.2. The number of nitrogens with two attached hydrogens (primary N) is 1. The van der Waals surface area contributed by atoms with Crippen LogP contribution in [0.25, 0.3) is 0 Å². The Labute approximate surface area is 123 Å². The first-order chi connectivity index (χ1) is 8.99. The molecule has 19 heavy (non-hydrogen) atoms. The average molecular weight is 304 g/mol. The van der Waals surface area contributed by atoms with Gasteiger partial charge in [-0.2, -0.15) is 0 Å². The average Bonchev–Trinajstić information content (AvgIpc) is 2.60. The lowest BCUT2D eigenvalue weighted by Gasteiger charge is -2.30. The Morgan fingerprint density at radius 1 is 1.32 bits per heavy atom. The summed E-state index contributed by atoms with van der Waals surface area (Å²) in [5, 5.41) is 2.92. The summed E-state index contributed by atoms with van der Waals surface area (Å²) in [6, 6.07) is 0. The van der Waals surface area contributed by atoms with Crippen molar-refractivity contribution >= 4 is 33.9 Å². The lowest BCUT2D eigenvalue weighted by atomic mass is 9.79. The summed E-state index contributed by atoms with van der Waals surface area (Å²) in [5.41, 5.74) is 5.19. The lowest BCUT2D eigenvalue weighted by Crippen LogP contribution is -2.49. The third-order valence-corrected chi connectivity index (χ3v) is 5.01. The monoisotopic (exact) mass is 304 g/mol. The van der Waals surface area contributed by atoms with Crippen molar-refractivity contribution in [1.82, 2.24) is 5.32 Å². The highest BCUT2D eigenvalue weighted by Gasteiger charge is 2.41. The molecule has 0 aliphatic heterocycles. The molecule has 1 fully saturated rings. The van der Waals surface area contributed by atoms with Gasteiger partial charge in [0.15, 0.2) is 0 Å². The summed E-state index contributed by atoms with van der Waals surface area (Å²) in [5.74, 6) is 0.573. The van der Waals surface area contributed by atoms with Crippen LogP contribution in [0.4, 0.5) is 0 Å². The minimum Gasteiger partial charge on any atom is -0.392 e. The molecule has 0 heterocycles. The number of carbonyl (C=O) groups excluding carboxylic acids is 1. The second-order valence-corrected chi connectivity index (χ2v) is 7.24. The topological polar surface area (TPSA) is 72.2 Å². The Morgan fingerprint density at radius 2 is 1.89 bits per heavy atom. The van der Waals surface area contributed by atoms with Crippen molar-refractivity contribution in [2.24, 2.45) is 11.1 Å². The van der Waals surface area contributed by atoms with Crippen LogP contribution in [0, 0.1) is 5.41 Å². The van der Waals surface area contributed by atoms with E-state index in [4.69, 9.17) is 18.0 Å². The Bertz CT molecular complexity index is 351. The van der Waals surface area contributed by atoms with Gasteiger partial charge in [-0.15, -0.1) is 0 Å². The molecule has 4 nitrogen and oxygen atoms in total. The first-order valence-corrected chi connectivity index (χ1v) is 9.01. The van der Waals surface area contributed by atoms with Gasteiger partial charge in [-0.25, -0.2) is 0 Å². The van der Waals surface area contributed by atoms with E-state index in [1.807, 2.05) is 0 Å². The number of rotatable bonds is 6. The minimum atomic E-state index is -0.809. The molecule has 0 saturated heterocycles. The van der Waals surface area contributed by atoms with Crippen molar-refractivity contribution in [3.63, 3.8) is 0 Å². The van der Waals surface area contributed by atoms with E-state index in [2.05, 4.69) is 5.32 Å². The van der Waals surface area contributed by atoms with E-state index < -0.39 is 16.2 Å². The molecule has 0 aromatic carbocycles. The van der Waals surface area contributed by atoms with Gasteiger partial charge in [-0.1, -0.05) is 37.9 Å². The normalized spacial score (nSPS) is 20.3. The van der Waals surface area contributed by atoms with E-state index in [1.165, 1.54) is 0 Å². The highest BCUT2D eigenvalue weighted by molar-refractivity contribution is 7.84. The molecule has 1 unspecified atom stereocenters. The predicted molar refractivity (Wildman–Crippen MR) is 83.5 cm³/mol. The number of hydrogen-bond donors (Lipinski definition) is 2. The van der Waals surface area contributed by atoms with Crippen molar-refractivity contribution in [1.29, 1.82) is 0 Å². The van der Waals surface area contributed by atoms with Crippen LogP contribution >= 0.6 is 12.2 Å². The van der Waals surface area contributed by atoms with Crippen LogP contribution in [0.1, 0.15) is 44.9 Å². The van der Waals surface area contributed by atoms with Crippen molar-refractivity contribution in [3.05, 3.63) is 0 Å². The van der Waals surface area contributed by atoms with Crippen LogP contribution in [0.2, 0.25) is 0 Å². The van der Waals surface area contributed by atoms with E-state index in [0.29, 0.717) is 17.3 Å². The second kappa shape index (κ2) is 7.94. The molecule has 0 bridgehead atoms. The van der Waals surface area contributed by atoms with Gasteiger partial charge in [0, 0.05) is 29.4 Å². The Morgan fingerprint density at radius 3 is 2.37 bits per heavy atom. The fraction of sp³-hybridized carbons (Fsp3) is 0.846. The summed E-state index contributed by atoms with van der Waals surface area (Å²) < 4.78 is 11.0. The van der Waals surface area contributed by atoms with Crippen LogP contribution in [0.15, 0.2) is 0 Å². The molecule has 0 radical (unpaired) electrons. The van der Waals surface area contributed by atoms with Gasteiger partial charge >= 0.3 is 0 Å². The van der Waals surface area contributed by atoms with Gasteiger partial charge in [-0.05, 0) is 19.3 Å². The Balaban J connectivity index is 2.57. The second-order valence-electron chi connectivity index (χ2n) is 5.25. The summed E-state index contributed by atoms with van der Waals surface area (Å²) in [4.78, 5) is 12.7. The molecule has 110 valence electrons. The van der Waals surface area contributed by atoms with Gasteiger partial charge in [0.1, 0.15) is 0 Å². The fourth-order valence-electron chi connectivity index (χ4n) is 2.56. The molecular weight excluding hydrogens is 280 g/mol. The quantitative estimate of drug-likeness (QED) is 0.443. The summed E-state index contributed by atoms with van der Waals surface area (Å²) in [7, 11) is -0.809. The van der Waals surface area contributed by atoms with E-state index in [1.54, 1.807) is 6.26 Å². The van der Waals surface area contributed by atoms with E-state index in [0.717, 1.165) is 44.9 Å². The maximum atomic E-state index is 12.4. The van der Waals surface area contributed by atoms with Gasteiger partial charge in [0.25, 0.3) is 0 Å². The van der Waals surface area contributed by atoms with Crippen LogP contribution in [-0.4, -0.2) is 33.7 Å². The van der Waals surface area contributed by atoms with Crippen LogP contribution < -0.4 is 11.1 Å². The molecular formula is C13H24N2O2S2. The zero-order valence-electron chi connectivity index (χ0n) is 11.6. The molecule has 1 atom stereocenters. The molecule has 1 aliphatic rings. The third-order valence-electron chi connectivity index (χ3n) is 3.76. The predicted octanol–water partition coefficient (Wildman–Crippen LogP) is 1.50. The molecule has 1 saturated carbocycles. The minimum absolute atomic E-state index is 0.0382. The van der Waals surface area contributed by atoms with E-state index >= 15 is 0 Å². The van der Waals surface area contributed by atoms with Crippen LogP contribution in [-0.2, 0) is 15.6 Å². The van der Waals surface area contributed by atoms with Crippen molar-refractivity contribution in [2.45, 2.75) is 44.9 Å². The number of amides is 1. The summed E-state index contributed by atoms with van der Waals surface area (Å²) in [6.45, 7) is 0.544. The number of nitrogens with one attached hydrogen (secondary N) is 1. The molecule has 0 aromatic rings. The maximum Gasteiger partial charge on any atom is 0.233 e. The van der Waals surface area contributed by atoms with Crippen molar-refractivity contribution < 1.29 is 9.00 Å². The third kappa shape index (κ3) is 4.84. The lowest BCUT2D eigenvalue weighted by molar-refractivity contribution is -0.128. The number of carbonyl (C=O) groups is 1. The van der Waals surface area contributed by atoms with E-state index in [-0.39, 0.29) is 5.91 Å². The molecule has 0 aromatic heterocycles. The first kappa shape index (κ1) is 16.6. The van der Waals surface area contributed by atoms with E-state index in [9.17, 15) is 9.00 Å². The Hall–Kier alpha value is -0.490. The van der Waals surface area contributed by atoms with Gasteiger partial charge in [0.05, 0.1) is 10.4 Å². The highest BCUT2D eigenvalue weighted by Crippen LogP contribution is 2.35. The molecule has 3 N–H and O–H groups in total. The SMILES string of the molecule is CS(=O)CCCNC(=O)C1(C(N)=S)CCCCCC1. The van der Waals surface area contributed by atoms with Crippen molar-refractivity contribution in [3.8, 4) is 0 Å². The van der Waals surface area contributed by atoms with Gasteiger partial charge in [-0.3, -0.25) is 9.00 Å². The van der Waals surface area contributed by atoms with Gasteiger partial charge < -0.3 is 11.1 Å². The van der Waals surface area contributed by atoms with Crippen LogP contribution in [0.3, 0.4) is 0 Å². The first-order valence-electron chi connectivity index (χ1n) is 6.87. The maximum absolute atomic E-state index is 12.4. The molecule has 0 spiro atoms. The number of thiocarbonyl (C=S) groups is 1. The standard InChI is InChI=1S/C13H24N2O2S2/c1-19(17)10-6-9-15-12(16)13(11(14)18)7-4-2-3-5-8-13/h2-10H2,1H3,(H2,14,18)(H,15,16). The summed E-state index contributed by atoms with van der Waals surface area (Å²) >= 11 is 5.15. The Kier molecular flexibility index (Phi) is 6.93. The van der Waals surface area contributed by atoms with Crippen molar-refractivity contribution in [2.75, 3.05) is 18.6 Å². The zero-order chi connectivity index (χ0) is 14.3. The smallest absolute Gasteiger partial charge is 0.233 e. The zero-order valence-corrected chi connectivity index (χ0v) is 13.2. The fourth-order valence-corrected chi connectivity index (χ4v) is 3.41. The molecule has 1 rings (SSSR count). The number of hydrogen-bond acceptors (Lipinski definition) is 3. The molecule has 6 heteroatoms. The summed E-state index contributed by atoms with van der Waals surface area (Å²) in [6.07, 6.45) is 8.21.